The first-order valence-corrected chi connectivity index (χ1v) is 33.8. The summed E-state index contributed by atoms with van der Waals surface area (Å²) in [6, 6.07) is -1.62. The molecular formula is C57H76IN3O22S4. The molecule has 4 heterocycles. The molecule has 0 aromatic heterocycles. The highest BCUT2D eigenvalue weighted by Gasteiger charge is 2.52. The number of aliphatic hydroxyl groups is 5. The Balaban J connectivity index is 1.14. The fraction of sp³-hybridized carbons (Fsp3) is 0.649. The number of hydrogen-bond acceptors (Lipinski definition) is 27. The largest absolute Gasteiger partial charge is 0.492 e. The number of thioether (sulfide) groups is 1. The zero-order valence-corrected chi connectivity index (χ0v) is 55.4. The fourth-order valence-corrected chi connectivity index (χ4v) is 15.2. The van der Waals surface area contributed by atoms with E-state index in [1.54, 1.807) is 38.7 Å². The molecular weight excluding hydrogens is 1330 g/mol. The lowest BCUT2D eigenvalue weighted by Gasteiger charge is -2.47. The summed E-state index contributed by atoms with van der Waals surface area (Å²) in [4.78, 5) is 62.0. The quantitative estimate of drug-likeness (QED) is 0.0287. The first-order valence-electron chi connectivity index (χ1n) is 27.7. The molecule has 7 rings (SSSR count). The topological polar surface area (TPSA) is 317 Å². The van der Waals surface area contributed by atoms with Crippen LogP contribution in [0.1, 0.15) is 69.8 Å². The number of likely N-dealkylation sites (N-methyl/N-ethyl adjacent to an activating group) is 1. The highest BCUT2D eigenvalue weighted by molar-refractivity contribution is 14.1. The number of hydrogen-bond donors (Lipinski definition) is 7. The van der Waals surface area contributed by atoms with Crippen molar-refractivity contribution < 1.29 is 106 Å². The number of nitrogens with zero attached hydrogens (tertiary/aromatic N) is 1. The maximum absolute atomic E-state index is 14.5. The van der Waals surface area contributed by atoms with Crippen LogP contribution in [0.15, 0.2) is 35.1 Å². The molecule has 30 heteroatoms. The second-order valence-corrected chi connectivity index (χ2v) is 27.4. The van der Waals surface area contributed by atoms with Crippen molar-refractivity contribution >= 4 is 88.7 Å². The van der Waals surface area contributed by atoms with Crippen LogP contribution in [-0.2, 0) is 57.1 Å². The Kier molecular flexibility index (Phi) is 26.3. The van der Waals surface area contributed by atoms with Crippen LogP contribution in [-0.4, -0.2) is 229 Å². The summed E-state index contributed by atoms with van der Waals surface area (Å²) in [5.74, 6) is 11.0. The number of aliphatic hydroxyl groups excluding tert-OH is 4. The molecule has 2 aliphatic carbocycles. The number of fused-ring (bicyclic) bond motifs is 2. The number of alkyl carbamates (subject to hydrolysis) is 1. The second-order valence-electron chi connectivity index (χ2n) is 20.8. The molecule has 482 valence electrons. The van der Waals surface area contributed by atoms with E-state index in [4.69, 9.17) is 61.7 Å². The van der Waals surface area contributed by atoms with Gasteiger partial charge in [-0.25, -0.2) is 4.79 Å². The van der Waals surface area contributed by atoms with E-state index in [0.29, 0.717) is 21.4 Å². The Morgan fingerprint density at radius 2 is 1.60 bits per heavy atom. The van der Waals surface area contributed by atoms with Gasteiger partial charge >= 0.3 is 6.09 Å². The van der Waals surface area contributed by atoms with Crippen molar-refractivity contribution in [3.05, 3.63) is 49.8 Å². The highest BCUT2D eigenvalue weighted by Crippen LogP contribution is 2.49. The summed E-state index contributed by atoms with van der Waals surface area (Å²) in [6.07, 6.45) is -12.9. The van der Waals surface area contributed by atoms with Gasteiger partial charge in [-0.3, -0.25) is 24.5 Å². The zero-order chi connectivity index (χ0) is 63.6. The molecule has 6 aliphatic rings. The number of nitrogens with one attached hydrogen (secondary N) is 2. The summed E-state index contributed by atoms with van der Waals surface area (Å²) in [5, 5.41) is 59.4. The van der Waals surface area contributed by atoms with Gasteiger partial charge in [0.2, 0.25) is 23.1 Å². The number of carbonyl (C=O) groups excluding carboxylic acids is 4. The van der Waals surface area contributed by atoms with Crippen molar-refractivity contribution in [3.8, 4) is 40.9 Å². The minimum absolute atomic E-state index is 0.0116. The summed E-state index contributed by atoms with van der Waals surface area (Å²) in [6.45, 7) is 10.2. The number of amides is 2. The molecule has 0 radical (unpaired) electrons. The molecule has 1 aromatic carbocycles. The van der Waals surface area contributed by atoms with E-state index in [2.05, 4.69) is 34.5 Å². The molecule has 4 fully saturated rings. The number of ether oxygens (including phenoxy) is 12. The van der Waals surface area contributed by atoms with E-state index in [-0.39, 0.29) is 65.0 Å². The maximum atomic E-state index is 14.5. The third-order valence-corrected chi connectivity index (χ3v) is 21.8. The molecule has 19 unspecified atom stereocenters. The van der Waals surface area contributed by atoms with E-state index in [1.165, 1.54) is 78.9 Å². The van der Waals surface area contributed by atoms with Gasteiger partial charge in [0.05, 0.1) is 97.0 Å². The smallest absolute Gasteiger partial charge is 0.411 e. The van der Waals surface area contributed by atoms with Crippen molar-refractivity contribution in [2.45, 2.75) is 176 Å². The molecule has 2 amide bonds. The fourth-order valence-electron chi connectivity index (χ4n) is 11.0. The molecule has 1 aromatic rings. The predicted molar refractivity (Wildman–Crippen MR) is 329 cm³/mol. The van der Waals surface area contributed by atoms with Crippen LogP contribution >= 0.6 is 65.8 Å². The Morgan fingerprint density at radius 1 is 0.885 bits per heavy atom. The van der Waals surface area contributed by atoms with Crippen LogP contribution in [0.25, 0.3) is 0 Å². The van der Waals surface area contributed by atoms with Gasteiger partial charge in [-0.1, -0.05) is 63.1 Å². The molecule has 4 aliphatic heterocycles. The third kappa shape index (κ3) is 16.3. The molecule has 0 spiro atoms. The van der Waals surface area contributed by atoms with Crippen molar-refractivity contribution in [2.75, 3.05) is 60.7 Å². The SMILES string of the molecule is CCN(C(C)=O)C1COC(OC2C(OC3C#CC=CC#CC4(O)CC(=O)C(NC(=O)OC)=C3C4=CCSSSC)OC(C)C(NOC3CC(O)C(SC(=O)c4c(C)c(I)c(OC5OC(C)C(O)C(OC)C5O)c(OC)c4OC)C(C)O3)C2O)CC1OC. The number of rotatable bonds is 22. The highest BCUT2D eigenvalue weighted by atomic mass is 127. The number of allylic oxidation sites excluding steroid dienone is 3. The maximum Gasteiger partial charge on any atom is 0.411 e. The van der Waals surface area contributed by atoms with E-state index < -0.39 is 139 Å². The lowest BCUT2D eigenvalue weighted by atomic mass is 9.75. The number of methoxy groups -OCH3 is 5. The van der Waals surface area contributed by atoms with Crippen LogP contribution in [0.5, 0.6) is 17.2 Å². The summed E-state index contributed by atoms with van der Waals surface area (Å²) >= 11 is 2.80. The summed E-state index contributed by atoms with van der Waals surface area (Å²) < 4.78 is 72.7. The zero-order valence-electron chi connectivity index (χ0n) is 50.0. The minimum atomic E-state index is -2.08. The van der Waals surface area contributed by atoms with Crippen molar-refractivity contribution in [1.29, 1.82) is 0 Å². The lowest BCUT2D eigenvalue weighted by Crippen LogP contribution is -2.65. The number of benzene rings is 1. The number of halogens is 1. The van der Waals surface area contributed by atoms with Gasteiger partial charge in [-0.05, 0) is 91.0 Å². The Morgan fingerprint density at radius 3 is 2.24 bits per heavy atom. The summed E-state index contributed by atoms with van der Waals surface area (Å²) in [5.41, 5.74) is 1.15. The van der Waals surface area contributed by atoms with Gasteiger partial charge in [-0.15, -0.1) is 0 Å². The summed E-state index contributed by atoms with van der Waals surface area (Å²) in [7, 11) is 11.1. The standard InChI is InChI=1S/C57H76IN3O22S4/c1-13-61(30(6)62)32-25-76-37(23-36(32)71-7)81-50-45(66)42(27(3)78-55(50)80-35-18-16-14-15-17-20-57(70)24-34(64)43(59-56(69)75-11)40(35)31(57)19-21-85-87-84-12)60-83-38-22-33(63)52(29(5)77-38)86-53(68)39-26(2)41(58)48(51(74-10)47(39)72-8)82-54-46(67)49(73-9)44(65)28(4)79-54/h14-15,19,27-29,32-33,35-38,42,44-46,49-50,52,54-55,60,63,65-67,70H,13,21-25H2,1-12H3,(H,59,69). The third-order valence-electron chi connectivity index (χ3n) is 15.4. The van der Waals surface area contributed by atoms with Gasteiger partial charge < -0.3 is 87.3 Å². The van der Waals surface area contributed by atoms with Crippen molar-refractivity contribution in [1.82, 2.24) is 15.7 Å². The van der Waals surface area contributed by atoms with Crippen molar-refractivity contribution in [3.63, 3.8) is 0 Å². The average molecular weight is 1410 g/mol. The normalized spacial score (nSPS) is 34.6. The van der Waals surface area contributed by atoms with E-state index in [1.807, 2.05) is 35.8 Å². The van der Waals surface area contributed by atoms with E-state index in [0.717, 1.165) is 18.9 Å². The van der Waals surface area contributed by atoms with Gasteiger partial charge in [0.1, 0.15) is 36.6 Å². The Labute approximate surface area is 534 Å². The van der Waals surface area contributed by atoms with Crippen LogP contribution in [0.2, 0.25) is 0 Å². The minimum Gasteiger partial charge on any atom is -0.492 e. The molecule has 4 saturated heterocycles. The predicted octanol–water partition coefficient (Wildman–Crippen LogP) is 3.46. The van der Waals surface area contributed by atoms with Gasteiger partial charge in [0.15, 0.2) is 41.8 Å². The first kappa shape index (κ1) is 71.0. The van der Waals surface area contributed by atoms with Crippen LogP contribution in [0.3, 0.4) is 0 Å². The molecule has 25 nitrogen and oxygen atoms in total. The van der Waals surface area contributed by atoms with Gasteiger partial charge in [0.25, 0.3) is 0 Å². The van der Waals surface area contributed by atoms with E-state index in [9.17, 15) is 44.7 Å². The molecule has 87 heavy (non-hydrogen) atoms. The lowest BCUT2D eigenvalue weighted by molar-refractivity contribution is -0.337. The van der Waals surface area contributed by atoms with E-state index >= 15 is 0 Å². The molecule has 7 N–H and O–H groups in total. The molecule has 0 saturated carbocycles. The first-order chi connectivity index (χ1) is 41.5. The number of carbonyl (C=O) groups is 4. The monoisotopic (exact) mass is 1410 g/mol. The van der Waals surface area contributed by atoms with Crippen LogP contribution in [0.4, 0.5) is 4.79 Å². The van der Waals surface area contributed by atoms with Gasteiger partial charge in [-0.2, -0.15) is 5.48 Å². The number of Topliss-reactive ketones (excluding diaryl/α,β-unsaturated/α-hetero) is 1. The molecule has 19 atom stereocenters. The van der Waals surface area contributed by atoms with Gasteiger partial charge in [0, 0.05) is 57.4 Å². The van der Waals surface area contributed by atoms with Crippen LogP contribution < -0.4 is 25.0 Å². The number of ketones is 1. The Hall–Kier alpha value is -3.43. The Bertz CT molecular complexity index is 2860. The molecule has 2 bridgehead atoms. The second kappa shape index (κ2) is 32.2. The average Bonchev–Trinajstić information content (AvgIpc) is 1.63. The van der Waals surface area contributed by atoms with Crippen molar-refractivity contribution in [2.24, 2.45) is 0 Å². The van der Waals surface area contributed by atoms with Crippen LogP contribution in [0, 0.1) is 34.2 Å². The number of hydroxylamine groups is 1.